The van der Waals surface area contributed by atoms with Crippen LogP contribution in [0.1, 0.15) is 12.5 Å². The highest BCUT2D eigenvalue weighted by Gasteiger charge is 2.28. The Morgan fingerprint density at radius 2 is 1.77 bits per heavy atom. The molecule has 1 aliphatic heterocycles. The van der Waals surface area contributed by atoms with Crippen LogP contribution in [0.25, 0.3) is 11.4 Å². The lowest BCUT2D eigenvalue weighted by Gasteiger charge is -2.22. The summed E-state index contributed by atoms with van der Waals surface area (Å²) in [5.74, 6) is 0.737. The lowest BCUT2D eigenvalue weighted by atomic mass is 10.1. The molecule has 108 valence electrons. The molecule has 4 nitrogen and oxygen atoms in total. The van der Waals surface area contributed by atoms with E-state index in [-0.39, 0.29) is 0 Å². The van der Waals surface area contributed by atoms with Crippen LogP contribution in [0.4, 0.5) is 11.6 Å². The number of rotatable bonds is 2. The first-order valence-electron chi connectivity index (χ1n) is 7.44. The molecule has 1 atom stereocenters. The van der Waals surface area contributed by atoms with Gasteiger partial charge in [-0.3, -0.25) is 4.98 Å². The van der Waals surface area contributed by atoms with Crippen molar-refractivity contribution < 1.29 is 0 Å². The van der Waals surface area contributed by atoms with E-state index < -0.39 is 0 Å². The molecule has 4 rings (SSSR count). The highest BCUT2D eigenvalue weighted by atomic mass is 15.3. The van der Waals surface area contributed by atoms with Gasteiger partial charge in [0.25, 0.3) is 0 Å². The Labute approximate surface area is 129 Å². The molecular formula is C18H16N4. The van der Waals surface area contributed by atoms with Crippen LogP contribution >= 0.6 is 0 Å². The summed E-state index contributed by atoms with van der Waals surface area (Å²) in [5, 5.41) is 0. The first-order valence-corrected chi connectivity index (χ1v) is 7.44. The van der Waals surface area contributed by atoms with E-state index >= 15 is 0 Å². The molecule has 2 aromatic heterocycles. The molecule has 0 radical (unpaired) electrons. The van der Waals surface area contributed by atoms with Crippen LogP contribution in [0.5, 0.6) is 0 Å². The van der Waals surface area contributed by atoms with Gasteiger partial charge in [-0.1, -0.05) is 24.3 Å². The fourth-order valence-corrected chi connectivity index (χ4v) is 2.99. The van der Waals surface area contributed by atoms with Crippen molar-refractivity contribution in [3.05, 3.63) is 66.5 Å². The second kappa shape index (κ2) is 5.22. The van der Waals surface area contributed by atoms with Gasteiger partial charge in [-0.2, -0.15) is 0 Å². The molecule has 0 amide bonds. The zero-order valence-electron chi connectivity index (χ0n) is 12.3. The molecular weight excluding hydrogens is 272 g/mol. The van der Waals surface area contributed by atoms with E-state index in [9.17, 15) is 0 Å². The van der Waals surface area contributed by atoms with Crippen molar-refractivity contribution in [1.82, 2.24) is 15.0 Å². The van der Waals surface area contributed by atoms with Crippen LogP contribution in [0.3, 0.4) is 0 Å². The highest BCUT2D eigenvalue weighted by Crippen LogP contribution is 2.36. The summed E-state index contributed by atoms with van der Waals surface area (Å²) in [7, 11) is 0. The molecule has 1 aromatic carbocycles. The average molecular weight is 288 g/mol. The van der Waals surface area contributed by atoms with Crippen molar-refractivity contribution in [3.63, 3.8) is 0 Å². The van der Waals surface area contributed by atoms with Crippen LogP contribution in [-0.4, -0.2) is 21.0 Å². The van der Waals surface area contributed by atoms with Crippen molar-refractivity contribution in [2.75, 3.05) is 4.90 Å². The molecule has 0 fully saturated rings. The second-order valence-corrected chi connectivity index (χ2v) is 5.51. The zero-order chi connectivity index (χ0) is 14.9. The molecule has 0 saturated heterocycles. The third-order valence-electron chi connectivity index (χ3n) is 3.99. The van der Waals surface area contributed by atoms with E-state index in [4.69, 9.17) is 4.98 Å². The predicted molar refractivity (Wildman–Crippen MR) is 87.0 cm³/mol. The predicted octanol–water partition coefficient (Wildman–Crippen LogP) is 3.62. The number of hydrogen-bond donors (Lipinski definition) is 0. The minimum atomic E-state index is 0.358. The van der Waals surface area contributed by atoms with Crippen LogP contribution in [0.2, 0.25) is 0 Å². The Kier molecular flexibility index (Phi) is 3.07. The minimum absolute atomic E-state index is 0.358. The normalized spacial score (nSPS) is 16.6. The summed E-state index contributed by atoms with van der Waals surface area (Å²) < 4.78 is 0. The maximum Gasteiger partial charge on any atom is 0.230 e. The Morgan fingerprint density at radius 3 is 2.64 bits per heavy atom. The number of benzene rings is 1. The number of fused-ring (bicyclic) bond motifs is 1. The van der Waals surface area contributed by atoms with Gasteiger partial charge in [-0.15, -0.1) is 0 Å². The van der Waals surface area contributed by atoms with Gasteiger partial charge in [0, 0.05) is 24.1 Å². The lowest BCUT2D eigenvalue weighted by molar-refractivity contribution is 0.740. The van der Waals surface area contributed by atoms with Gasteiger partial charge in [-0.25, -0.2) is 9.97 Å². The smallest absolute Gasteiger partial charge is 0.230 e. The SMILES string of the molecule is CC1Cc2ccccc2N1c1nccc(-c2ccccn2)n1. The fourth-order valence-electron chi connectivity index (χ4n) is 2.99. The topological polar surface area (TPSA) is 41.9 Å². The molecule has 0 N–H and O–H groups in total. The molecule has 0 bridgehead atoms. The summed E-state index contributed by atoms with van der Waals surface area (Å²) >= 11 is 0. The van der Waals surface area contributed by atoms with Gasteiger partial charge in [-0.05, 0) is 43.2 Å². The number of anilines is 2. The second-order valence-electron chi connectivity index (χ2n) is 5.51. The molecule has 22 heavy (non-hydrogen) atoms. The monoisotopic (exact) mass is 288 g/mol. The Balaban J connectivity index is 1.78. The standard InChI is InChI=1S/C18H16N4/c1-13-12-14-6-2-3-8-17(14)22(13)18-20-11-9-16(21-18)15-7-4-5-10-19-15/h2-11,13H,12H2,1H3. The third kappa shape index (κ3) is 2.13. The Morgan fingerprint density at radius 1 is 0.909 bits per heavy atom. The molecule has 3 heterocycles. The van der Waals surface area contributed by atoms with Crippen molar-refractivity contribution in [2.24, 2.45) is 0 Å². The summed E-state index contributed by atoms with van der Waals surface area (Å²) in [4.78, 5) is 15.8. The molecule has 1 aliphatic rings. The van der Waals surface area contributed by atoms with E-state index in [1.54, 1.807) is 12.4 Å². The fraction of sp³-hybridized carbons (Fsp3) is 0.167. The first kappa shape index (κ1) is 13.0. The molecule has 3 aromatic rings. The summed E-state index contributed by atoms with van der Waals surface area (Å²) in [6.07, 6.45) is 4.61. The van der Waals surface area contributed by atoms with Crippen molar-refractivity contribution in [2.45, 2.75) is 19.4 Å². The van der Waals surface area contributed by atoms with E-state index in [0.717, 1.165) is 23.8 Å². The lowest BCUT2D eigenvalue weighted by Crippen LogP contribution is -2.25. The van der Waals surface area contributed by atoms with Crippen LogP contribution in [0.15, 0.2) is 60.9 Å². The minimum Gasteiger partial charge on any atom is -0.307 e. The highest BCUT2D eigenvalue weighted by molar-refractivity contribution is 5.68. The van der Waals surface area contributed by atoms with Crippen LogP contribution in [-0.2, 0) is 6.42 Å². The average Bonchev–Trinajstić information content (AvgIpc) is 2.91. The number of hydrogen-bond acceptors (Lipinski definition) is 4. The number of aromatic nitrogens is 3. The quantitative estimate of drug-likeness (QED) is 0.722. The molecule has 0 saturated carbocycles. The van der Waals surface area contributed by atoms with E-state index in [1.165, 1.54) is 11.3 Å². The number of para-hydroxylation sites is 1. The summed E-state index contributed by atoms with van der Waals surface area (Å²) in [5.41, 5.74) is 4.27. The van der Waals surface area contributed by atoms with Crippen molar-refractivity contribution in [3.8, 4) is 11.4 Å². The maximum atomic E-state index is 4.73. The summed E-state index contributed by atoms with van der Waals surface area (Å²) in [6, 6.07) is 16.6. The van der Waals surface area contributed by atoms with Gasteiger partial charge in [0.1, 0.15) is 0 Å². The summed E-state index contributed by atoms with van der Waals surface area (Å²) in [6.45, 7) is 2.21. The van der Waals surface area contributed by atoms with E-state index in [2.05, 4.69) is 46.1 Å². The van der Waals surface area contributed by atoms with Gasteiger partial charge in [0.05, 0.1) is 11.4 Å². The van der Waals surface area contributed by atoms with E-state index in [0.29, 0.717) is 6.04 Å². The molecule has 4 heteroatoms. The maximum absolute atomic E-state index is 4.73. The Hall–Kier alpha value is -2.75. The molecule has 0 aliphatic carbocycles. The third-order valence-corrected chi connectivity index (χ3v) is 3.99. The van der Waals surface area contributed by atoms with Crippen LogP contribution in [0, 0.1) is 0 Å². The molecule has 1 unspecified atom stereocenters. The van der Waals surface area contributed by atoms with Crippen LogP contribution < -0.4 is 4.90 Å². The number of pyridine rings is 1. The van der Waals surface area contributed by atoms with Gasteiger partial charge < -0.3 is 4.90 Å². The molecule has 0 spiro atoms. The van der Waals surface area contributed by atoms with Crippen molar-refractivity contribution in [1.29, 1.82) is 0 Å². The first-order chi connectivity index (χ1) is 10.8. The number of nitrogens with zero attached hydrogens (tertiary/aromatic N) is 4. The zero-order valence-corrected chi connectivity index (χ0v) is 12.3. The van der Waals surface area contributed by atoms with Gasteiger partial charge in [0.2, 0.25) is 5.95 Å². The van der Waals surface area contributed by atoms with Crippen molar-refractivity contribution >= 4 is 11.6 Å². The van der Waals surface area contributed by atoms with Gasteiger partial charge in [0.15, 0.2) is 0 Å². The largest absolute Gasteiger partial charge is 0.307 e. The Bertz CT molecular complexity index is 801. The van der Waals surface area contributed by atoms with E-state index in [1.807, 2.05) is 24.3 Å². The van der Waals surface area contributed by atoms with Gasteiger partial charge >= 0.3 is 0 Å².